The molecule has 1 aliphatic carbocycles. The molecule has 1 amide bonds. The standard InChI is InChI=1S/C20H27N5O2/c1-12(2)18-21-7-9-25(18)13(3)20(27)24-8-6-15-16(11-24)22-17(23-19(15)26)10-14-4-5-14/h7,9,12-14H,4-6,8,10-11H2,1-3H3,(H,22,23,26). The number of imidazole rings is 1. The van der Waals surface area contributed by atoms with Crippen LogP contribution in [0.1, 0.15) is 68.5 Å². The van der Waals surface area contributed by atoms with Crippen molar-refractivity contribution in [1.82, 2.24) is 24.4 Å². The third-order valence-electron chi connectivity index (χ3n) is 5.60. The molecule has 27 heavy (non-hydrogen) atoms. The molecule has 1 N–H and O–H groups in total. The molecule has 0 radical (unpaired) electrons. The monoisotopic (exact) mass is 369 g/mol. The first kappa shape index (κ1) is 17.9. The predicted molar refractivity (Wildman–Crippen MR) is 101 cm³/mol. The second kappa shape index (κ2) is 6.94. The Balaban J connectivity index is 1.54. The van der Waals surface area contributed by atoms with Gasteiger partial charge >= 0.3 is 0 Å². The lowest BCUT2D eigenvalue weighted by molar-refractivity contribution is -0.135. The fraction of sp³-hybridized carbons (Fsp3) is 0.600. The maximum atomic E-state index is 13.1. The van der Waals surface area contributed by atoms with E-state index < -0.39 is 0 Å². The molecule has 7 heteroatoms. The Bertz CT molecular complexity index is 909. The smallest absolute Gasteiger partial charge is 0.254 e. The van der Waals surface area contributed by atoms with Crippen LogP contribution in [0.3, 0.4) is 0 Å². The van der Waals surface area contributed by atoms with E-state index in [1.807, 2.05) is 22.6 Å². The largest absolute Gasteiger partial charge is 0.335 e. The van der Waals surface area contributed by atoms with Crippen molar-refractivity contribution < 1.29 is 4.79 Å². The third kappa shape index (κ3) is 3.55. The average Bonchev–Trinajstić information content (AvgIpc) is 3.31. The SMILES string of the molecule is CC(C)c1nccn1C(C)C(=O)N1CCc2c(nc(CC3CC3)[nH]c2=O)C1. The summed E-state index contributed by atoms with van der Waals surface area (Å²) in [6.45, 7) is 7.02. The molecule has 2 aromatic rings. The van der Waals surface area contributed by atoms with E-state index in [-0.39, 0.29) is 23.4 Å². The quantitative estimate of drug-likeness (QED) is 0.876. The Morgan fingerprint density at radius 1 is 1.33 bits per heavy atom. The number of H-pyrrole nitrogens is 1. The zero-order valence-corrected chi connectivity index (χ0v) is 16.2. The van der Waals surface area contributed by atoms with Crippen LogP contribution in [0.4, 0.5) is 0 Å². The summed E-state index contributed by atoms with van der Waals surface area (Å²) in [5, 5.41) is 0. The summed E-state index contributed by atoms with van der Waals surface area (Å²) in [7, 11) is 0. The van der Waals surface area contributed by atoms with E-state index in [4.69, 9.17) is 0 Å². The van der Waals surface area contributed by atoms with Crippen LogP contribution < -0.4 is 5.56 Å². The minimum atomic E-state index is -0.320. The lowest BCUT2D eigenvalue weighted by atomic mass is 10.0. The molecule has 0 aromatic carbocycles. The summed E-state index contributed by atoms with van der Waals surface area (Å²) in [6, 6.07) is -0.320. The zero-order chi connectivity index (χ0) is 19.1. The van der Waals surface area contributed by atoms with Crippen LogP contribution in [0.15, 0.2) is 17.2 Å². The van der Waals surface area contributed by atoms with Gasteiger partial charge in [0.25, 0.3) is 5.56 Å². The molecule has 7 nitrogen and oxygen atoms in total. The summed E-state index contributed by atoms with van der Waals surface area (Å²) in [5.74, 6) is 2.63. The van der Waals surface area contributed by atoms with Crippen LogP contribution >= 0.6 is 0 Å². The van der Waals surface area contributed by atoms with Crippen molar-refractivity contribution in [3.63, 3.8) is 0 Å². The van der Waals surface area contributed by atoms with E-state index in [1.54, 1.807) is 6.20 Å². The molecule has 0 bridgehead atoms. The summed E-state index contributed by atoms with van der Waals surface area (Å²) >= 11 is 0. The van der Waals surface area contributed by atoms with Gasteiger partial charge in [0.1, 0.15) is 17.7 Å². The van der Waals surface area contributed by atoms with Gasteiger partial charge in [-0.2, -0.15) is 0 Å². The summed E-state index contributed by atoms with van der Waals surface area (Å²) in [4.78, 5) is 39.3. The number of amides is 1. The number of hydrogen-bond donors (Lipinski definition) is 1. The molecule has 1 atom stereocenters. The maximum Gasteiger partial charge on any atom is 0.254 e. The fourth-order valence-corrected chi connectivity index (χ4v) is 3.85. The van der Waals surface area contributed by atoms with Gasteiger partial charge in [0, 0.05) is 36.8 Å². The van der Waals surface area contributed by atoms with Gasteiger partial charge in [0.15, 0.2) is 0 Å². The number of rotatable bonds is 5. The second-order valence-electron chi connectivity index (χ2n) is 8.12. The number of aromatic amines is 1. The molecule has 1 fully saturated rings. The van der Waals surface area contributed by atoms with Crippen molar-refractivity contribution in [2.75, 3.05) is 6.54 Å². The molecule has 1 unspecified atom stereocenters. The van der Waals surface area contributed by atoms with Gasteiger partial charge in [-0.25, -0.2) is 9.97 Å². The van der Waals surface area contributed by atoms with E-state index >= 15 is 0 Å². The van der Waals surface area contributed by atoms with Gasteiger partial charge in [-0.3, -0.25) is 9.59 Å². The van der Waals surface area contributed by atoms with Gasteiger partial charge in [-0.1, -0.05) is 13.8 Å². The van der Waals surface area contributed by atoms with Gasteiger partial charge in [-0.05, 0) is 32.1 Å². The van der Waals surface area contributed by atoms with Crippen molar-refractivity contribution in [2.24, 2.45) is 5.92 Å². The number of aromatic nitrogens is 4. The van der Waals surface area contributed by atoms with Crippen LogP contribution in [-0.4, -0.2) is 36.9 Å². The first-order valence-electron chi connectivity index (χ1n) is 9.86. The predicted octanol–water partition coefficient (Wildman–Crippen LogP) is 2.19. The highest BCUT2D eigenvalue weighted by Gasteiger charge is 2.30. The van der Waals surface area contributed by atoms with Crippen LogP contribution in [-0.2, 0) is 24.2 Å². The molecule has 0 spiro atoms. The maximum absolute atomic E-state index is 13.1. The topological polar surface area (TPSA) is 83.9 Å². The number of nitrogens with one attached hydrogen (secondary N) is 1. The van der Waals surface area contributed by atoms with Crippen LogP contribution in [0, 0.1) is 5.92 Å². The lowest BCUT2D eigenvalue weighted by Gasteiger charge is -2.31. The molecule has 2 aromatic heterocycles. The van der Waals surface area contributed by atoms with Gasteiger partial charge in [-0.15, -0.1) is 0 Å². The Kier molecular flexibility index (Phi) is 4.61. The van der Waals surface area contributed by atoms with E-state index in [1.165, 1.54) is 12.8 Å². The highest BCUT2D eigenvalue weighted by molar-refractivity contribution is 5.80. The minimum Gasteiger partial charge on any atom is -0.335 e. The Hall–Kier alpha value is -2.44. The molecule has 0 saturated heterocycles. The molecule has 3 heterocycles. The van der Waals surface area contributed by atoms with E-state index in [0.717, 1.165) is 29.3 Å². The van der Waals surface area contributed by atoms with Crippen molar-refractivity contribution >= 4 is 5.91 Å². The zero-order valence-electron chi connectivity index (χ0n) is 16.2. The van der Waals surface area contributed by atoms with Crippen LogP contribution in [0.25, 0.3) is 0 Å². The van der Waals surface area contributed by atoms with Crippen molar-refractivity contribution in [1.29, 1.82) is 0 Å². The van der Waals surface area contributed by atoms with Crippen molar-refractivity contribution in [3.05, 3.63) is 45.7 Å². The third-order valence-corrected chi connectivity index (χ3v) is 5.60. The summed E-state index contributed by atoms with van der Waals surface area (Å²) in [6.07, 6.45) is 7.43. The minimum absolute atomic E-state index is 0.0347. The highest BCUT2D eigenvalue weighted by Crippen LogP contribution is 2.31. The Labute approximate surface area is 158 Å². The molecule has 1 saturated carbocycles. The number of carbonyl (C=O) groups is 1. The van der Waals surface area contributed by atoms with E-state index in [9.17, 15) is 9.59 Å². The first-order chi connectivity index (χ1) is 12.9. The van der Waals surface area contributed by atoms with Gasteiger partial charge in [0.2, 0.25) is 5.91 Å². The number of hydrogen-bond acceptors (Lipinski definition) is 4. The second-order valence-corrected chi connectivity index (χ2v) is 8.12. The Morgan fingerprint density at radius 3 is 2.81 bits per heavy atom. The molecule has 4 rings (SSSR count). The van der Waals surface area contributed by atoms with Gasteiger partial charge < -0.3 is 14.5 Å². The highest BCUT2D eigenvalue weighted by atomic mass is 16.2. The Morgan fingerprint density at radius 2 is 2.11 bits per heavy atom. The number of nitrogens with zero attached hydrogens (tertiary/aromatic N) is 4. The van der Waals surface area contributed by atoms with Crippen molar-refractivity contribution in [3.8, 4) is 0 Å². The molecular formula is C20H27N5O2. The summed E-state index contributed by atoms with van der Waals surface area (Å²) in [5.41, 5.74) is 1.46. The average molecular weight is 369 g/mol. The molecular weight excluding hydrogens is 342 g/mol. The lowest BCUT2D eigenvalue weighted by Crippen LogP contribution is -2.42. The fourth-order valence-electron chi connectivity index (χ4n) is 3.85. The number of fused-ring (bicyclic) bond motifs is 1. The number of carbonyl (C=O) groups excluding carboxylic acids is 1. The van der Waals surface area contributed by atoms with E-state index in [0.29, 0.717) is 25.4 Å². The van der Waals surface area contributed by atoms with Crippen LogP contribution in [0.5, 0.6) is 0 Å². The molecule has 144 valence electrons. The molecule has 2 aliphatic rings. The normalized spacial score (nSPS) is 17.9. The van der Waals surface area contributed by atoms with Gasteiger partial charge in [0.05, 0.1) is 12.2 Å². The first-order valence-corrected chi connectivity index (χ1v) is 9.86. The van der Waals surface area contributed by atoms with E-state index in [2.05, 4.69) is 28.8 Å². The summed E-state index contributed by atoms with van der Waals surface area (Å²) < 4.78 is 1.95. The van der Waals surface area contributed by atoms with Crippen molar-refractivity contribution in [2.45, 2.75) is 65.0 Å². The molecule has 1 aliphatic heterocycles. The van der Waals surface area contributed by atoms with Crippen LogP contribution in [0.2, 0.25) is 0 Å².